The van der Waals surface area contributed by atoms with Crippen LogP contribution in [0.4, 0.5) is 5.82 Å². The molecule has 9 heteroatoms. The molecule has 9 nitrogen and oxygen atoms in total. The minimum absolute atomic E-state index is 0.0171. The van der Waals surface area contributed by atoms with Crippen molar-refractivity contribution < 1.29 is 4.79 Å². The Hall–Kier alpha value is -3.75. The largest absolute Gasteiger partial charge is 0.351 e. The Morgan fingerprint density at radius 3 is 2.48 bits per heavy atom. The van der Waals surface area contributed by atoms with Crippen molar-refractivity contribution in [2.45, 2.75) is 39.2 Å². The fourth-order valence-corrected chi connectivity index (χ4v) is 4.11. The maximum Gasteiger partial charge on any atom is 0.257 e. The maximum absolute atomic E-state index is 13.2. The van der Waals surface area contributed by atoms with E-state index in [9.17, 15) is 4.79 Å². The van der Waals surface area contributed by atoms with Gasteiger partial charge < -0.3 is 9.80 Å². The first-order valence-electron chi connectivity index (χ1n) is 11.1. The molecule has 0 unspecified atom stereocenters. The number of aromatic nitrogens is 6. The van der Waals surface area contributed by atoms with Gasteiger partial charge in [0.2, 0.25) is 0 Å². The van der Waals surface area contributed by atoms with Gasteiger partial charge in [0.1, 0.15) is 5.82 Å². The molecule has 1 aromatic carbocycles. The third-order valence-electron chi connectivity index (χ3n) is 6.21. The Morgan fingerprint density at radius 1 is 1.06 bits per heavy atom. The van der Waals surface area contributed by atoms with Gasteiger partial charge in [-0.15, -0.1) is 15.3 Å². The molecule has 1 aliphatic rings. The fourth-order valence-electron chi connectivity index (χ4n) is 4.11. The van der Waals surface area contributed by atoms with Gasteiger partial charge in [-0.05, 0) is 31.2 Å². The summed E-state index contributed by atoms with van der Waals surface area (Å²) in [4.78, 5) is 17.2. The number of benzene rings is 1. The molecular formula is C24H28N8O. The first-order chi connectivity index (χ1) is 15.7. The second kappa shape index (κ2) is 7.68. The summed E-state index contributed by atoms with van der Waals surface area (Å²) in [6.45, 7) is 9.67. The number of hydrogen-bond acceptors (Lipinski definition) is 6. The van der Waals surface area contributed by atoms with Crippen molar-refractivity contribution in [2.24, 2.45) is 0 Å². The van der Waals surface area contributed by atoms with Crippen molar-refractivity contribution in [3.05, 3.63) is 65.7 Å². The molecule has 0 aliphatic carbocycles. The SMILES string of the molecule is Cc1c(C(=O)N(C)C2CN(c3ccc4nnc(C(C)(C)C)n4n3)C2)cnn1-c1ccccc1. The zero-order valence-corrected chi connectivity index (χ0v) is 19.6. The Balaban J connectivity index is 1.30. The van der Waals surface area contributed by atoms with Gasteiger partial charge in [0, 0.05) is 25.6 Å². The van der Waals surface area contributed by atoms with Gasteiger partial charge in [0.05, 0.1) is 29.2 Å². The highest BCUT2D eigenvalue weighted by Crippen LogP contribution is 2.26. The van der Waals surface area contributed by atoms with Crippen molar-refractivity contribution in [3.63, 3.8) is 0 Å². The van der Waals surface area contributed by atoms with Crippen LogP contribution < -0.4 is 4.90 Å². The molecule has 0 N–H and O–H groups in total. The molecule has 0 saturated carbocycles. The summed E-state index contributed by atoms with van der Waals surface area (Å²) >= 11 is 0. The average molecular weight is 445 g/mol. The number of hydrogen-bond donors (Lipinski definition) is 0. The zero-order chi connectivity index (χ0) is 23.3. The fraction of sp³-hybridized carbons (Fsp3) is 0.375. The maximum atomic E-state index is 13.2. The number of rotatable bonds is 4. The highest BCUT2D eigenvalue weighted by Gasteiger charge is 2.35. The second-order valence-electron chi connectivity index (χ2n) is 9.60. The molecule has 0 atom stereocenters. The van der Waals surface area contributed by atoms with Gasteiger partial charge in [-0.3, -0.25) is 4.79 Å². The van der Waals surface area contributed by atoms with E-state index in [1.165, 1.54) is 0 Å². The third-order valence-corrected chi connectivity index (χ3v) is 6.21. The van der Waals surface area contributed by atoms with Gasteiger partial charge >= 0.3 is 0 Å². The molecule has 0 bridgehead atoms. The molecular weight excluding hydrogens is 416 g/mol. The van der Waals surface area contributed by atoms with E-state index >= 15 is 0 Å². The number of fused-ring (bicyclic) bond motifs is 1. The number of para-hydroxylation sites is 1. The number of carbonyl (C=O) groups is 1. The highest BCUT2D eigenvalue weighted by atomic mass is 16.2. The summed E-state index contributed by atoms with van der Waals surface area (Å²) in [7, 11) is 1.86. The molecule has 0 spiro atoms. The highest BCUT2D eigenvalue weighted by molar-refractivity contribution is 5.95. The van der Waals surface area contributed by atoms with Gasteiger partial charge in [-0.25, -0.2) is 4.68 Å². The topological polar surface area (TPSA) is 84.5 Å². The Bertz CT molecular complexity index is 1310. The summed E-state index contributed by atoms with van der Waals surface area (Å²) in [6, 6.07) is 13.9. The Morgan fingerprint density at radius 2 is 1.79 bits per heavy atom. The second-order valence-corrected chi connectivity index (χ2v) is 9.60. The van der Waals surface area contributed by atoms with Crippen molar-refractivity contribution in [1.82, 2.24) is 34.5 Å². The normalized spacial score (nSPS) is 14.5. The number of likely N-dealkylation sites (N-methyl/N-ethyl adjacent to an activating group) is 1. The van der Waals surface area contributed by atoms with Crippen molar-refractivity contribution in [3.8, 4) is 5.69 Å². The van der Waals surface area contributed by atoms with E-state index in [2.05, 4.69) is 41.0 Å². The molecule has 1 amide bonds. The number of anilines is 1. The predicted octanol–water partition coefficient (Wildman–Crippen LogP) is 2.88. The third kappa shape index (κ3) is 3.63. The van der Waals surface area contributed by atoms with Crippen LogP contribution in [-0.4, -0.2) is 66.6 Å². The molecule has 33 heavy (non-hydrogen) atoms. The van der Waals surface area contributed by atoms with Crippen molar-refractivity contribution >= 4 is 17.4 Å². The number of nitrogens with zero attached hydrogens (tertiary/aromatic N) is 8. The van der Waals surface area contributed by atoms with E-state index in [1.54, 1.807) is 10.9 Å². The lowest BCUT2D eigenvalue weighted by Gasteiger charge is -2.44. The van der Waals surface area contributed by atoms with Gasteiger partial charge in [0.15, 0.2) is 11.5 Å². The van der Waals surface area contributed by atoms with Crippen LogP contribution in [0.5, 0.6) is 0 Å². The van der Waals surface area contributed by atoms with Crippen LogP contribution in [0, 0.1) is 6.92 Å². The molecule has 5 rings (SSSR count). The first kappa shape index (κ1) is 21.1. The predicted molar refractivity (Wildman–Crippen MR) is 126 cm³/mol. The lowest BCUT2D eigenvalue weighted by Crippen LogP contribution is -2.60. The van der Waals surface area contributed by atoms with Gasteiger partial charge in [0.25, 0.3) is 5.91 Å². The van der Waals surface area contributed by atoms with Gasteiger partial charge in [-0.1, -0.05) is 39.0 Å². The molecule has 170 valence electrons. The van der Waals surface area contributed by atoms with Crippen LogP contribution in [0.3, 0.4) is 0 Å². The van der Waals surface area contributed by atoms with Gasteiger partial charge in [-0.2, -0.15) is 9.61 Å². The van der Waals surface area contributed by atoms with Crippen LogP contribution >= 0.6 is 0 Å². The van der Waals surface area contributed by atoms with Crippen LogP contribution in [0.2, 0.25) is 0 Å². The van der Waals surface area contributed by atoms with Crippen LogP contribution in [-0.2, 0) is 5.41 Å². The lowest BCUT2D eigenvalue weighted by molar-refractivity contribution is 0.0704. The Labute approximate surface area is 192 Å². The van der Waals surface area contributed by atoms with E-state index in [0.717, 1.165) is 41.8 Å². The van der Waals surface area contributed by atoms with E-state index in [1.807, 2.05) is 65.9 Å². The van der Waals surface area contributed by atoms with E-state index in [-0.39, 0.29) is 17.4 Å². The molecule has 3 aromatic heterocycles. The summed E-state index contributed by atoms with van der Waals surface area (Å²) in [5.74, 6) is 1.67. The average Bonchev–Trinajstić information content (AvgIpc) is 3.36. The Kier molecular flexibility index (Phi) is 4.92. The first-order valence-corrected chi connectivity index (χ1v) is 11.1. The molecule has 4 heterocycles. The minimum atomic E-state index is -0.156. The molecule has 1 fully saturated rings. The molecule has 4 aromatic rings. The zero-order valence-electron chi connectivity index (χ0n) is 19.6. The van der Waals surface area contributed by atoms with Crippen molar-refractivity contribution in [2.75, 3.05) is 25.0 Å². The molecule has 1 saturated heterocycles. The summed E-state index contributed by atoms with van der Waals surface area (Å²) < 4.78 is 3.62. The number of carbonyl (C=O) groups excluding carboxylic acids is 1. The van der Waals surface area contributed by atoms with Crippen LogP contribution in [0.1, 0.15) is 42.6 Å². The quantitative estimate of drug-likeness (QED) is 0.481. The van der Waals surface area contributed by atoms with E-state index in [4.69, 9.17) is 5.10 Å². The van der Waals surface area contributed by atoms with Crippen molar-refractivity contribution in [1.29, 1.82) is 0 Å². The van der Waals surface area contributed by atoms with E-state index < -0.39 is 0 Å². The smallest absolute Gasteiger partial charge is 0.257 e. The molecule has 1 aliphatic heterocycles. The summed E-state index contributed by atoms with van der Waals surface area (Å²) in [5, 5.41) is 17.8. The van der Waals surface area contributed by atoms with Crippen LogP contribution in [0.15, 0.2) is 48.7 Å². The number of amides is 1. The van der Waals surface area contributed by atoms with Crippen LogP contribution in [0.25, 0.3) is 11.3 Å². The minimum Gasteiger partial charge on any atom is -0.351 e. The monoisotopic (exact) mass is 444 g/mol. The summed E-state index contributed by atoms with van der Waals surface area (Å²) in [5.41, 5.74) is 2.98. The van der Waals surface area contributed by atoms with E-state index in [0.29, 0.717) is 5.56 Å². The summed E-state index contributed by atoms with van der Waals surface area (Å²) in [6.07, 6.45) is 1.66. The standard InChI is InChI=1S/C24H28N8O/c1-16-19(13-25-31(16)17-9-7-6-8-10-17)22(33)29(5)18-14-30(15-18)21-12-11-20-26-27-23(24(2,3)4)32(20)28-21/h6-13,18H,14-15H2,1-5H3. The lowest BCUT2D eigenvalue weighted by atomic mass is 9.96. The molecule has 0 radical (unpaired) electrons.